The van der Waals surface area contributed by atoms with Gasteiger partial charge in [0.05, 0.1) is 12.5 Å². The number of nitrogens with zero attached hydrogens (tertiary/aromatic N) is 1. The number of fused-ring (bicyclic) bond motifs is 1. The number of ether oxygens (including phenoxy) is 2. The van der Waals surface area contributed by atoms with E-state index < -0.39 is 0 Å². The second-order valence-electron chi connectivity index (χ2n) is 7.60. The van der Waals surface area contributed by atoms with E-state index in [2.05, 4.69) is 5.32 Å². The number of halogens is 1. The van der Waals surface area contributed by atoms with Gasteiger partial charge in [-0.3, -0.25) is 9.59 Å². The molecule has 1 aromatic carbocycles. The van der Waals surface area contributed by atoms with Crippen LogP contribution >= 0.6 is 0 Å². The molecule has 1 aliphatic carbocycles. The number of likely N-dealkylation sites (tertiary alicyclic amines) is 1. The van der Waals surface area contributed by atoms with Gasteiger partial charge in [0.1, 0.15) is 11.6 Å². The fourth-order valence-electron chi connectivity index (χ4n) is 3.89. The molecule has 6 nitrogen and oxygen atoms in total. The molecule has 27 heavy (non-hydrogen) atoms. The van der Waals surface area contributed by atoms with E-state index in [0.717, 1.165) is 37.8 Å². The third-order valence-corrected chi connectivity index (χ3v) is 5.48. The molecule has 3 aliphatic rings. The third-order valence-electron chi connectivity index (χ3n) is 5.48. The topological polar surface area (TPSA) is 67.9 Å². The minimum atomic E-state index is -0.328. The van der Waals surface area contributed by atoms with E-state index in [9.17, 15) is 14.0 Å². The lowest BCUT2D eigenvalue weighted by Gasteiger charge is -2.32. The Morgan fingerprint density at radius 1 is 1.22 bits per heavy atom. The number of carbonyl (C=O) groups excluding carboxylic acids is 2. The van der Waals surface area contributed by atoms with Gasteiger partial charge in [0.15, 0.2) is 6.79 Å². The summed E-state index contributed by atoms with van der Waals surface area (Å²) in [6, 6.07) is 2.87. The minimum absolute atomic E-state index is 0.0298. The van der Waals surface area contributed by atoms with Crippen molar-refractivity contribution < 1.29 is 23.5 Å². The number of piperidine rings is 1. The van der Waals surface area contributed by atoms with Gasteiger partial charge < -0.3 is 19.7 Å². The summed E-state index contributed by atoms with van der Waals surface area (Å²) in [5.41, 5.74) is 1.44. The average molecular weight is 376 g/mol. The molecule has 146 valence electrons. The maximum Gasteiger partial charge on any atom is 0.225 e. The van der Waals surface area contributed by atoms with Gasteiger partial charge >= 0.3 is 0 Å². The first kappa shape index (κ1) is 18.2. The van der Waals surface area contributed by atoms with Crippen molar-refractivity contribution >= 4 is 11.8 Å². The standard InChI is InChI=1S/C20H25FN2O4/c21-17-8-14(18-16(9-17)11-26-12-27-18)5-6-22-19(24)15-2-1-7-23(10-15)20(25)13-3-4-13/h8-9,13,15H,1-7,10-12H2,(H,22,24). The zero-order valence-corrected chi connectivity index (χ0v) is 15.3. The molecular weight excluding hydrogens is 351 g/mol. The van der Waals surface area contributed by atoms with Crippen molar-refractivity contribution in [1.29, 1.82) is 0 Å². The van der Waals surface area contributed by atoms with Crippen LogP contribution in [0.15, 0.2) is 12.1 Å². The summed E-state index contributed by atoms with van der Waals surface area (Å²) in [5.74, 6) is 0.542. The van der Waals surface area contributed by atoms with Gasteiger partial charge in [-0.2, -0.15) is 0 Å². The molecule has 1 atom stereocenters. The minimum Gasteiger partial charge on any atom is -0.467 e. The molecule has 2 heterocycles. The Morgan fingerprint density at radius 2 is 2.07 bits per heavy atom. The summed E-state index contributed by atoms with van der Waals surface area (Å²) in [6.45, 7) is 2.17. The van der Waals surface area contributed by atoms with Gasteiger partial charge in [-0.05, 0) is 49.8 Å². The fourth-order valence-corrected chi connectivity index (χ4v) is 3.89. The van der Waals surface area contributed by atoms with Crippen molar-refractivity contribution in [2.24, 2.45) is 11.8 Å². The quantitative estimate of drug-likeness (QED) is 0.854. The van der Waals surface area contributed by atoms with E-state index in [1.54, 1.807) is 0 Å². The van der Waals surface area contributed by atoms with Crippen LogP contribution in [0.1, 0.15) is 36.8 Å². The van der Waals surface area contributed by atoms with E-state index in [1.807, 2.05) is 4.90 Å². The van der Waals surface area contributed by atoms with Crippen LogP contribution in [0, 0.1) is 17.7 Å². The molecule has 0 bridgehead atoms. The largest absolute Gasteiger partial charge is 0.467 e. The van der Waals surface area contributed by atoms with Crippen molar-refractivity contribution in [3.05, 3.63) is 29.1 Å². The lowest BCUT2D eigenvalue weighted by Crippen LogP contribution is -2.46. The van der Waals surface area contributed by atoms with Crippen LogP contribution < -0.4 is 10.1 Å². The second kappa shape index (κ2) is 7.84. The monoisotopic (exact) mass is 376 g/mol. The van der Waals surface area contributed by atoms with E-state index in [-0.39, 0.29) is 36.3 Å². The third kappa shape index (κ3) is 4.24. The van der Waals surface area contributed by atoms with Crippen LogP contribution in [0.4, 0.5) is 4.39 Å². The van der Waals surface area contributed by atoms with Crippen molar-refractivity contribution in [1.82, 2.24) is 10.2 Å². The Hall–Kier alpha value is -2.15. The van der Waals surface area contributed by atoms with Crippen LogP contribution in [0.2, 0.25) is 0 Å². The molecule has 2 fully saturated rings. The van der Waals surface area contributed by atoms with Crippen LogP contribution in [-0.2, 0) is 27.4 Å². The molecule has 0 radical (unpaired) electrons. The lowest BCUT2D eigenvalue weighted by atomic mass is 9.96. The maximum absolute atomic E-state index is 13.8. The summed E-state index contributed by atoms with van der Waals surface area (Å²) in [4.78, 5) is 26.6. The Balaban J connectivity index is 1.31. The summed E-state index contributed by atoms with van der Waals surface area (Å²) in [5, 5.41) is 2.95. The number of benzene rings is 1. The SMILES string of the molecule is O=C(NCCc1cc(F)cc2c1OCOC2)C1CCCN(C(=O)C2CC2)C1. The van der Waals surface area contributed by atoms with Gasteiger partial charge in [-0.15, -0.1) is 0 Å². The van der Waals surface area contributed by atoms with Gasteiger partial charge in [-0.25, -0.2) is 4.39 Å². The van der Waals surface area contributed by atoms with Gasteiger partial charge in [-0.1, -0.05) is 0 Å². The molecule has 2 aliphatic heterocycles. The van der Waals surface area contributed by atoms with E-state index in [0.29, 0.717) is 37.4 Å². The molecule has 1 aromatic rings. The summed E-state index contributed by atoms with van der Waals surface area (Å²) in [7, 11) is 0. The van der Waals surface area contributed by atoms with Gasteiger partial charge in [0, 0.05) is 31.1 Å². The zero-order chi connectivity index (χ0) is 18.8. The van der Waals surface area contributed by atoms with E-state index in [1.165, 1.54) is 12.1 Å². The highest BCUT2D eigenvalue weighted by atomic mass is 19.1. The molecule has 0 spiro atoms. The summed E-state index contributed by atoms with van der Waals surface area (Å²) < 4.78 is 24.5. The molecule has 0 aromatic heterocycles. The fraction of sp³-hybridized carbons (Fsp3) is 0.600. The normalized spacial score (nSPS) is 22.0. The van der Waals surface area contributed by atoms with Crippen molar-refractivity contribution in [3.63, 3.8) is 0 Å². The predicted octanol–water partition coefficient (Wildman–Crippen LogP) is 2.00. The van der Waals surface area contributed by atoms with Crippen LogP contribution in [0.25, 0.3) is 0 Å². The predicted molar refractivity (Wildman–Crippen MR) is 95.4 cm³/mol. The molecule has 1 saturated carbocycles. The van der Waals surface area contributed by atoms with Crippen LogP contribution in [0.5, 0.6) is 5.75 Å². The highest BCUT2D eigenvalue weighted by molar-refractivity contribution is 5.83. The summed E-state index contributed by atoms with van der Waals surface area (Å²) in [6.07, 6.45) is 4.12. The molecule has 7 heteroatoms. The van der Waals surface area contributed by atoms with Gasteiger partial charge in [0.2, 0.25) is 11.8 Å². The number of carbonyl (C=O) groups is 2. The number of amides is 2. The first-order chi connectivity index (χ1) is 13.1. The molecule has 2 amide bonds. The van der Waals surface area contributed by atoms with Crippen molar-refractivity contribution in [2.75, 3.05) is 26.4 Å². The smallest absolute Gasteiger partial charge is 0.225 e. The Bertz CT molecular complexity index is 735. The molecular formula is C20H25FN2O4. The van der Waals surface area contributed by atoms with Crippen molar-refractivity contribution in [2.45, 2.75) is 38.7 Å². The number of nitrogens with one attached hydrogen (secondary N) is 1. The number of rotatable bonds is 5. The van der Waals surface area contributed by atoms with Crippen LogP contribution in [0.3, 0.4) is 0 Å². The Labute approximate surface area is 158 Å². The highest BCUT2D eigenvalue weighted by Crippen LogP contribution is 2.32. The second-order valence-corrected chi connectivity index (χ2v) is 7.60. The first-order valence-electron chi connectivity index (χ1n) is 9.70. The van der Waals surface area contributed by atoms with Gasteiger partial charge in [0.25, 0.3) is 0 Å². The molecule has 1 saturated heterocycles. The Kier molecular flexibility index (Phi) is 5.29. The average Bonchev–Trinajstić information content (AvgIpc) is 3.52. The molecule has 1 unspecified atom stereocenters. The van der Waals surface area contributed by atoms with Crippen molar-refractivity contribution in [3.8, 4) is 5.75 Å². The zero-order valence-electron chi connectivity index (χ0n) is 15.3. The summed E-state index contributed by atoms with van der Waals surface area (Å²) >= 11 is 0. The molecule has 4 rings (SSSR count). The first-order valence-corrected chi connectivity index (χ1v) is 9.70. The lowest BCUT2D eigenvalue weighted by molar-refractivity contribution is -0.136. The highest BCUT2D eigenvalue weighted by Gasteiger charge is 2.36. The van der Waals surface area contributed by atoms with E-state index >= 15 is 0 Å². The maximum atomic E-state index is 13.8. The number of hydrogen-bond acceptors (Lipinski definition) is 4. The number of hydrogen-bond donors (Lipinski definition) is 1. The van der Waals surface area contributed by atoms with Crippen LogP contribution in [-0.4, -0.2) is 43.1 Å². The van der Waals surface area contributed by atoms with E-state index in [4.69, 9.17) is 9.47 Å². The molecule has 1 N–H and O–H groups in total. The Morgan fingerprint density at radius 3 is 2.89 bits per heavy atom.